The highest BCUT2D eigenvalue weighted by Crippen LogP contribution is 2.38. The molecule has 0 fully saturated rings. The minimum atomic E-state index is -4.72. The minimum absolute atomic E-state index is 0.0772. The van der Waals surface area contributed by atoms with Crippen molar-refractivity contribution in [3.63, 3.8) is 0 Å². The predicted molar refractivity (Wildman–Crippen MR) is 112 cm³/mol. The quantitative estimate of drug-likeness (QED) is 0.496. The number of esters is 1. The van der Waals surface area contributed by atoms with E-state index in [0.717, 1.165) is 23.3 Å². The van der Waals surface area contributed by atoms with E-state index >= 15 is 0 Å². The lowest BCUT2D eigenvalue weighted by Crippen LogP contribution is -2.25. The van der Waals surface area contributed by atoms with Gasteiger partial charge < -0.3 is 14.8 Å². The van der Waals surface area contributed by atoms with E-state index in [2.05, 4.69) is 0 Å². The van der Waals surface area contributed by atoms with Gasteiger partial charge in [0.15, 0.2) is 13.2 Å². The molecule has 0 radical (unpaired) electrons. The Labute approximate surface area is 187 Å². The molecule has 0 saturated heterocycles. The van der Waals surface area contributed by atoms with Crippen molar-refractivity contribution in [1.29, 1.82) is 0 Å². The molecule has 0 heterocycles. The zero-order valence-corrected chi connectivity index (χ0v) is 18.4. The van der Waals surface area contributed by atoms with E-state index < -0.39 is 42.5 Å². The Morgan fingerprint density at radius 3 is 2.39 bits per heavy atom. The summed E-state index contributed by atoms with van der Waals surface area (Å²) in [5.74, 6) is -1.32. The molecule has 0 spiro atoms. The minimum Gasteiger partial charge on any atom is -0.482 e. The van der Waals surface area contributed by atoms with Crippen LogP contribution >= 0.6 is 23.2 Å². The highest BCUT2D eigenvalue weighted by atomic mass is 35.5. The summed E-state index contributed by atoms with van der Waals surface area (Å²) in [5, 5.41) is 2.30. The van der Waals surface area contributed by atoms with Crippen molar-refractivity contribution in [3.8, 4) is 5.75 Å². The van der Waals surface area contributed by atoms with Crippen molar-refractivity contribution < 1.29 is 32.2 Å². The molecule has 2 rings (SSSR count). The zero-order valence-electron chi connectivity index (χ0n) is 16.9. The summed E-state index contributed by atoms with van der Waals surface area (Å²) >= 11 is 11.9. The first-order chi connectivity index (χ1) is 14.4. The summed E-state index contributed by atoms with van der Waals surface area (Å²) in [6.45, 7) is 4.35. The summed E-state index contributed by atoms with van der Waals surface area (Å²) in [4.78, 5) is 23.9. The van der Waals surface area contributed by atoms with Gasteiger partial charge in [-0.25, -0.2) is 4.79 Å². The van der Waals surface area contributed by atoms with Crippen molar-refractivity contribution in [1.82, 2.24) is 0 Å². The third-order valence-corrected chi connectivity index (χ3v) is 4.93. The van der Waals surface area contributed by atoms with Gasteiger partial charge in [-0.05, 0) is 48.2 Å². The van der Waals surface area contributed by atoms with Crippen molar-refractivity contribution in [3.05, 3.63) is 57.1 Å². The molecule has 31 heavy (non-hydrogen) atoms. The van der Waals surface area contributed by atoms with Crippen LogP contribution in [0, 0.1) is 6.92 Å². The fraction of sp³-hybridized carbons (Fsp3) is 0.333. The molecule has 1 N–H and O–H groups in total. The number of aryl methyl sites for hydroxylation is 1. The number of hydrogen-bond acceptors (Lipinski definition) is 4. The number of carbonyl (C=O) groups excluding carboxylic acids is 2. The van der Waals surface area contributed by atoms with E-state index in [4.69, 9.17) is 32.7 Å². The van der Waals surface area contributed by atoms with Gasteiger partial charge >= 0.3 is 12.1 Å². The molecule has 0 aliphatic heterocycles. The Bertz CT molecular complexity index is 978. The van der Waals surface area contributed by atoms with Crippen LogP contribution in [0.1, 0.15) is 36.5 Å². The largest absolute Gasteiger partial charge is 0.482 e. The van der Waals surface area contributed by atoms with Crippen molar-refractivity contribution in [2.45, 2.75) is 32.9 Å². The SMILES string of the molecule is Cc1cc(OCC(=O)OCC(=O)Nc2c(Cl)cccc2C(F)(F)F)c(C(C)C)cc1Cl. The standard InChI is InChI=1S/C21H20Cl2F3NO4/c1-11(2)13-8-16(23)12(3)7-17(13)30-10-19(29)31-9-18(28)27-20-14(21(24,25)26)5-4-6-15(20)22/h4-8,11H,9-10H2,1-3H3,(H,27,28). The van der Waals surface area contributed by atoms with E-state index in [1.54, 1.807) is 19.1 Å². The Hall–Kier alpha value is -2.45. The van der Waals surface area contributed by atoms with Gasteiger partial charge in [-0.15, -0.1) is 0 Å². The topological polar surface area (TPSA) is 64.6 Å². The van der Waals surface area contributed by atoms with Crippen molar-refractivity contribution >= 4 is 40.8 Å². The van der Waals surface area contributed by atoms with Crippen LogP contribution in [-0.2, 0) is 20.5 Å². The van der Waals surface area contributed by atoms with Gasteiger partial charge in [-0.1, -0.05) is 43.1 Å². The highest BCUT2D eigenvalue weighted by molar-refractivity contribution is 6.34. The van der Waals surface area contributed by atoms with Gasteiger partial charge in [0.1, 0.15) is 5.75 Å². The predicted octanol–water partition coefficient (Wildman–Crippen LogP) is 6.00. The maximum absolute atomic E-state index is 13.1. The molecule has 5 nitrogen and oxygen atoms in total. The van der Waals surface area contributed by atoms with Crippen LogP contribution in [0.3, 0.4) is 0 Å². The Kier molecular flexibility index (Phi) is 8.20. The van der Waals surface area contributed by atoms with Gasteiger partial charge in [0, 0.05) is 5.02 Å². The summed E-state index contributed by atoms with van der Waals surface area (Å²) in [6.07, 6.45) is -4.72. The Balaban J connectivity index is 1.96. The van der Waals surface area contributed by atoms with E-state index in [-0.39, 0.29) is 10.9 Å². The van der Waals surface area contributed by atoms with E-state index in [1.807, 2.05) is 19.2 Å². The van der Waals surface area contributed by atoms with Crippen LogP contribution in [0.25, 0.3) is 0 Å². The number of anilines is 1. The van der Waals surface area contributed by atoms with Gasteiger partial charge in [-0.3, -0.25) is 4.79 Å². The van der Waals surface area contributed by atoms with E-state index in [9.17, 15) is 22.8 Å². The molecule has 10 heteroatoms. The fourth-order valence-electron chi connectivity index (χ4n) is 2.63. The first-order valence-corrected chi connectivity index (χ1v) is 9.89. The Morgan fingerprint density at radius 2 is 1.77 bits per heavy atom. The summed E-state index contributed by atoms with van der Waals surface area (Å²) < 4.78 is 49.5. The molecule has 0 aliphatic carbocycles. The van der Waals surface area contributed by atoms with Crippen molar-refractivity contribution in [2.75, 3.05) is 18.5 Å². The maximum Gasteiger partial charge on any atom is 0.418 e. The van der Waals surface area contributed by atoms with Crippen LogP contribution in [0.15, 0.2) is 30.3 Å². The molecule has 168 valence electrons. The molecule has 2 aromatic rings. The summed E-state index contributed by atoms with van der Waals surface area (Å²) in [6, 6.07) is 6.53. The van der Waals surface area contributed by atoms with Crippen LogP contribution in [0.5, 0.6) is 5.75 Å². The first kappa shape index (κ1) is 24.8. The number of benzene rings is 2. The molecule has 2 aromatic carbocycles. The lowest BCUT2D eigenvalue weighted by atomic mass is 10.0. The smallest absolute Gasteiger partial charge is 0.418 e. The van der Waals surface area contributed by atoms with Crippen LogP contribution in [-0.4, -0.2) is 25.1 Å². The molecule has 0 atom stereocenters. The Morgan fingerprint density at radius 1 is 1.10 bits per heavy atom. The molecule has 0 aliphatic rings. The monoisotopic (exact) mass is 477 g/mol. The summed E-state index contributed by atoms with van der Waals surface area (Å²) in [5.41, 5.74) is -0.164. The van der Waals surface area contributed by atoms with Gasteiger partial charge in [0.25, 0.3) is 5.91 Å². The average molecular weight is 478 g/mol. The number of ether oxygens (including phenoxy) is 2. The summed E-state index contributed by atoms with van der Waals surface area (Å²) in [7, 11) is 0. The number of amides is 1. The van der Waals surface area contributed by atoms with Crippen LogP contribution in [0.2, 0.25) is 10.0 Å². The second kappa shape index (κ2) is 10.2. The van der Waals surface area contributed by atoms with Gasteiger partial charge in [-0.2, -0.15) is 13.2 Å². The third kappa shape index (κ3) is 6.77. The van der Waals surface area contributed by atoms with Gasteiger partial charge in [0.05, 0.1) is 16.3 Å². The zero-order chi connectivity index (χ0) is 23.3. The molecule has 1 amide bonds. The first-order valence-electron chi connectivity index (χ1n) is 9.14. The van der Waals surface area contributed by atoms with Crippen molar-refractivity contribution in [2.24, 2.45) is 0 Å². The normalized spacial score (nSPS) is 11.4. The molecular formula is C21H20Cl2F3NO4. The van der Waals surface area contributed by atoms with E-state index in [1.165, 1.54) is 6.07 Å². The maximum atomic E-state index is 13.1. The number of hydrogen-bond donors (Lipinski definition) is 1. The molecule has 0 saturated carbocycles. The molecular weight excluding hydrogens is 458 g/mol. The highest BCUT2D eigenvalue weighted by Gasteiger charge is 2.34. The number of halogens is 5. The number of para-hydroxylation sites is 1. The lowest BCUT2D eigenvalue weighted by Gasteiger charge is -2.16. The fourth-order valence-corrected chi connectivity index (χ4v) is 3.03. The number of alkyl halides is 3. The second-order valence-electron chi connectivity index (χ2n) is 6.95. The van der Waals surface area contributed by atoms with Crippen LogP contribution in [0.4, 0.5) is 18.9 Å². The second-order valence-corrected chi connectivity index (χ2v) is 7.77. The van der Waals surface area contributed by atoms with Gasteiger partial charge in [0.2, 0.25) is 0 Å². The van der Waals surface area contributed by atoms with Crippen LogP contribution < -0.4 is 10.1 Å². The molecule has 0 aromatic heterocycles. The lowest BCUT2D eigenvalue weighted by molar-refractivity contribution is -0.149. The average Bonchev–Trinajstić information content (AvgIpc) is 2.67. The number of nitrogens with one attached hydrogen (secondary N) is 1. The number of carbonyl (C=O) groups is 2. The van der Waals surface area contributed by atoms with E-state index in [0.29, 0.717) is 10.8 Å². The third-order valence-electron chi connectivity index (χ3n) is 4.21. The molecule has 0 bridgehead atoms. The molecule has 0 unspecified atom stereocenters. The number of rotatable bonds is 7.